The van der Waals surface area contributed by atoms with Gasteiger partial charge in [0.25, 0.3) is 0 Å². The molecule has 1 aromatic heterocycles. The van der Waals surface area contributed by atoms with Crippen LogP contribution in [0.2, 0.25) is 0 Å². The molecule has 5 aliphatic rings. The lowest BCUT2D eigenvalue weighted by Crippen LogP contribution is -2.55. The van der Waals surface area contributed by atoms with E-state index >= 15 is 0 Å². The van der Waals surface area contributed by atoms with Gasteiger partial charge in [0.1, 0.15) is 0 Å². The number of amides is 1. The molecular formula is C22H33N3O. The van der Waals surface area contributed by atoms with Crippen LogP contribution in [-0.4, -0.2) is 33.7 Å². The molecule has 0 spiro atoms. The lowest BCUT2D eigenvalue weighted by Gasteiger charge is -2.49. The molecule has 1 aromatic rings. The van der Waals surface area contributed by atoms with Crippen LogP contribution >= 0.6 is 0 Å². The molecule has 4 heteroatoms. The van der Waals surface area contributed by atoms with Gasteiger partial charge in [0, 0.05) is 36.4 Å². The normalized spacial score (nSPS) is 33.2. The number of carbonyl (C=O) groups excluding carboxylic acids is 1. The van der Waals surface area contributed by atoms with E-state index in [1.807, 2.05) is 6.20 Å². The monoisotopic (exact) mass is 355 g/mol. The summed E-state index contributed by atoms with van der Waals surface area (Å²) in [6.45, 7) is 6.45. The maximum atomic E-state index is 13.7. The van der Waals surface area contributed by atoms with Gasteiger partial charge in [0.05, 0.1) is 5.92 Å². The van der Waals surface area contributed by atoms with E-state index in [0.29, 0.717) is 17.9 Å². The second kappa shape index (κ2) is 6.10. The molecule has 1 amide bonds. The first-order chi connectivity index (χ1) is 12.6. The Kier molecular flexibility index (Phi) is 3.95. The van der Waals surface area contributed by atoms with E-state index in [2.05, 4.69) is 34.6 Å². The van der Waals surface area contributed by atoms with E-state index in [1.54, 1.807) is 0 Å². The number of carbonyl (C=O) groups is 1. The van der Waals surface area contributed by atoms with E-state index in [0.717, 1.165) is 24.9 Å². The zero-order chi connectivity index (χ0) is 17.9. The molecule has 4 nitrogen and oxygen atoms in total. The van der Waals surface area contributed by atoms with Gasteiger partial charge in [0.15, 0.2) is 0 Å². The highest BCUT2D eigenvalue weighted by atomic mass is 16.2. The summed E-state index contributed by atoms with van der Waals surface area (Å²) in [6.07, 6.45) is 12.2. The van der Waals surface area contributed by atoms with E-state index in [4.69, 9.17) is 0 Å². The number of hydrogen-bond acceptors (Lipinski definition) is 2. The van der Waals surface area contributed by atoms with Crippen molar-refractivity contribution in [3.8, 4) is 0 Å². The topological polar surface area (TPSA) is 38.1 Å². The van der Waals surface area contributed by atoms with Crippen LogP contribution < -0.4 is 0 Å². The van der Waals surface area contributed by atoms with Crippen LogP contribution in [0, 0.1) is 23.7 Å². The predicted octanol–water partition coefficient (Wildman–Crippen LogP) is 4.17. The fourth-order valence-electron chi connectivity index (χ4n) is 5.97. The summed E-state index contributed by atoms with van der Waals surface area (Å²) in [5.41, 5.74) is 1.40. The van der Waals surface area contributed by atoms with Crippen molar-refractivity contribution < 1.29 is 4.79 Å². The summed E-state index contributed by atoms with van der Waals surface area (Å²) >= 11 is 0. The summed E-state index contributed by atoms with van der Waals surface area (Å²) in [5.74, 6) is 2.87. The molecule has 0 N–H and O–H groups in total. The van der Waals surface area contributed by atoms with Crippen LogP contribution in [0.15, 0.2) is 12.3 Å². The second-order valence-corrected chi connectivity index (χ2v) is 9.87. The molecule has 26 heavy (non-hydrogen) atoms. The highest BCUT2D eigenvalue weighted by Gasteiger charge is 2.64. The minimum Gasteiger partial charge on any atom is -0.342 e. The number of hydrogen-bond donors (Lipinski definition) is 0. The first-order valence-electron chi connectivity index (χ1n) is 10.9. The average molecular weight is 356 g/mol. The summed E-state index contributed by atoms with van der Waals surface area (Å²) in [4.78, 5) is 16.0. The summed E-state index contributed by atoms with van der Waals surface area (Å²) in [5, 5.41) is 4.59. The maximum absolute atomic E-state index is 13.7. The minimum atomic E-state index is 0.0733. The zero-order valence-electron chi connectivity index (χ0n) is 16.4. The van der Waals surface area contributed by atoms with E-state index in [-0.39, 0.29) is 11.3 Å². The van der Waals surface area contributed by atoms with Crippen LogP contribution in [0.4, 0.5) is 0 Å². The standard InChI is InChI=1S/C22H33N3O/c1-15(2)25-19(9-11-23-25)22-10-8-18(12-22)20(22)21(26)24(14-17-6-7-17)13-16-4-3-5-16/h9,11,15-18,20H,3-8,10,12-14H2,1-2H3. The van der Waals surface area contributed by atoms with Crippen molar-refractivity contribution in [1.82, 2.24) is 14.7 Å². The number of nitrogens with zero attached hydrogens (tertiary/aromatic N) is 3. The molecule has 5 saturated carbocycles. The van der Waals surface area contributed by atoms with Crippen molar-refractivity contribution in [3.63, 3.8) is 0 Å². The summed E-state index contributed by atoms with van der Waals surface area (Å²) in [7, 11) is 0. The molecule has 5 fully saturated rings. The number of fused-ring (bicyclic) bond motifs is 1. The van der Waals surface area contributed by atoms with Crippen molar-refractivity contribution in [2.75, 3.05) is 13.1 Å². The average Bonchev–Trinajstić information content (AvgIpc) is 3.00. The molecule has 3 atom stereocenters. The van der Waals surface area contributed by atoms with Crippen LogP contribution in [0.5, 0.6) is 0 Å². The highest BCUT2D eigenvalue weighted by Crippen LogP contribution is 2.64. The smallest absolute Gasteiger partial charge is 0.226 e. The Bertz CT molecular complexity index is 683. The van der Waals surface area contributed by atoms with E-state index in [9.17, 15) is 4.79 Å². The molecule has 0 aromatic carbocycles. The van der Waals surface area contributed by atoms with Crippen LogP contribution in [0.25, 0.3) is 0 Å². The molecule has 142 valence electrons. The lowest BCUT2D eigenvalue weighted by atomic mass is 9.58. The lowest BCUT2D eigenvalue weighted by molar-refractivity contribution is -0.145. The molecule has 0 radical (unpaired) electrons. The quantitative estimate of drug-likeness (QED) is 0.736. The van der Waals surface area contributed by atoms with Gasteiger partial charge in [-0.1, -0.05) is 6.42 Å². The van der Waals surface area contributed by atoms with Crippen molar-refractivity contribution >= 4 is 5.91 Å². The maximum Gasteiger partial charge on any atom is 0.226 e. The minimum absolute atomic E-state index is 0.0733. The molecular weight excluding hydrogens is 322 g/mol. The first-order valence-corrected chi connectivity index (χ1v) is 10.9. The SMILES string of the molecule is CC(C)n1nccc1C12CCC(C1)C2C(=O)N(CC1CCC1)CC1CC1. The first kappa shape index (κ1) is 16.8. The van der Waals surface area contributed by atoms with Gasteiger partial charge >= 0.3 is 0 Å². The van der Waals surface area contributed by atoms with Crippen molar-refractivity contribution in [1.29, 1.82) is 0 Å². The molecule has 2 bridgehead atoms. The fourth-order valence-corrected chi connectivity index (χ4v) is 5.97. The van der Waals surface area contributed by atoms with Gasteiger partial charge in [-0.3, -0.25) is 9.48 Å². The van der Waals surface area contributed by atoms with Crippen molar-refractivity contribution in [3.05, 3.63) is 18.0 Å². The Balaban J connectivity index is 1.40. The largest absolute Gasteiger partial charge is 0.342 e. The van der Waals surface area contributed by atoms with Crippen molar-refractivity contribution in [2.24, 2.45) is 23.7 Å². The van der Waals surface area contributed by atoms with E-state index < -0.39 is 0 Å². The fraction of sp³-hybridized carbons (Fsp3) is 0.818. The van der Waals surface area contributed by atoms with Crippen LogP contribution in [-0.2, 0) is 10.2 Å². The van der Waals surface area contributed by atoms with Crippen LogP contribution in [0.3, 0.4) is 0 Å². The van der Waals surface area contributed by atoms with Gasteiger partial charge in [-0.15, -0.1) is 0 Å². The molecule has 1 heterocycles. The Morgan fingerprint density at radius 2 is 1.96 bits per heavy atom. The summed E-state index contributed by atoms with van der Waals surface area (Å²) < 4.78 is 2.18. The Hall–Kier alpha value is -1.32. The Morgan fingerprint density at radius 3 is 2.54 bits per heavy atom. The van der Waals surface area contributed by atoms with E-state index in [1.165, 1.54) is 57.1 Å². The molecule has 5 aliphatic carbocycles. The predicted molar refractivity (Wildman–Crippen MR) is 102 cm³/mol. The van der Waals surface area contributed by atoms with Gasteiger partial charge < -0.3 is 4.90 Å². The molecule has 0 aliphatic heterocycles. The molecule has 3 unspecified atom stereocenters. The van der Waals surface area contributed by atoms with Gasteiger partial charge in [-0.05, 0) is 82.6 Å². The molecule has 6 rings (SSSR count). The Labute approximate surface area is 157 Å². The number of aromatic nitrogens is 2. The van der Waals surface area contributed by atoms with Crippen molar-refractivity contribution in [2.45, 2.75) is 76.7 Å². The number of rotatable bonds is 7. The van der Waals surface area contributed by atoms with Gasteiger partial charge in [-0.2, -0.15) is 5.10 Å². The summed E-state index contributed by atoms with van der Waals surface area (Å²) in [6, 6.07) is 2.56. The van der Waals surface area contributed by atoms with Crippen LogP contribution in [0.1, 0.15) is 76.9 Å². The molecule has 0 saturated heterocycles. The highest BCUT2D eigenvalue weighted by molar-refractivity contribution is 5.83. The zero-order valence-corrected chi connectivity index (χ0v) is 16.4. The second-order valence-electron chi connectivity index (χ2n) is 9.87. The third kappa shape index (κ3) is 2.55. The third-order valence-corrected chi connectivity index (χ3v) is 7.78. The van der Waals surface area contributed by atoms with Gasteiger partial charge in [-0.25, -0.2) is 0 Å². The third-order valence-electron chi connectivity index (χ3n) is 7.78. The Morgan fingerprint density at radius 1 is 1.23 bits per heavy atom. The van der Waals surface area contributed by atoms with Gasteiger partial charge in [0.2, 0.25) is 5.91 Å².